The predicted molar refractivity (Wildman–Crippen MR) is 152 cm³/mol. The van der Waals surface area contributed by atoms with Crippen molar-refractivity contribution in [3.05, 3.63) is 88.2 Å². The summed E-state index contributed by atoms with van der Waals surface area (Å²) in [6, 6.07) is 19.4. The number of benzene rings is 2. The minimum absolute atomic E-state index is 0.0252. The fourth-order valence-corrected chi connectivity index (χ4v) is 4.69. The maximum Gasteiger partial charge on any atom is 0.254 e. The molecule has 0 fully saturated rings. The van der Waals surface area contributed by atoms with E-state index in [4.69, 9.17) is 4.74 Å². The molecule has 1 heterocycles. The Morgan fingerprint density at radius 1 is 1.03 bits per heavy atom. The fraction of sp³-hybridized carbons (Fsp3) is 0.400. The molecule has 3 aromatic rings. The average Bonchev–Trinajstić information content (AvgIpc) is 3.27. The van der Waals surface area contributed by atoms with Crippen LogP contribution in [0.5, 0.6) is 5.75 Å². The number of nitrogens with zero attached hydrogens (tertiary/aromatic N) is 3. The van der Waals surface area contributed by atoms with E-state index in [0.717, 1.165) is 21.5 Å². The first-order valence-electron chi connectivity index (χ1n) is 12.6. The predicted octanol–water partition coefficient (Wildman–Crippen LogP) is 6.23. The van der Waals surface area contributed by atoms with E-state index < -0.39 is 5.54 Å². The summed E-state index contributed by atoms with van der Waals surface area (Å²) in [6.07, 6.45) is 2.03. The Balaban J connectivity index is 1.82. The molecule has 0 aliphatic carbocycles. The number of hydrogen-bond acceptors (Lipinski definition) is 3. The van der Waals surface area contributed by atoms with Crippen molar-refractivity contribution in [1.82, 2.24) is 14.4 Å². The Labute approximate surface area is 229 Å². The van der Waals surface area contributed by atoms with Crippen LogP contribution in [0.4, 0.5) is 0 Å². The van der Waals surface area contributed by atoms with Gasteiger partial charge in [0.15, 0.2) is 0 Å². The molecule has 3 rings (SSSR count). The van der Waals surface area contributed by atoms with Crippen LogP contribution < -0.4 is 4.74 Å². The summed E-state index contributed by atoms with van der Waals surface area (Å²) in [6.45, 7) is 11.8. The van der Waals surface area contributed by atoms with Gasteiger partial charge in [0, 0.05) is 40.6 Å². The topological polar surface area (TPSA) is 54.8 Å². The molecule has 1 aromatic heterocycles. The zero-order valence-corrected chi connectivity index (χ0v) is 24.3. The highest BCUT2D eigenvalue weighted by atomic mass is 79.9. The van der Waals surface area contributed by atoms with Gasteiger partial charge < -0.3 is 19.1 Å². The van der Waals surface area contributed by atoms with Gasteiger partial charge in [-0.2, -0.15) is 0 Å². The Hall–Kier alpha value is -3.06. The van der Waals surface area contributed by atoms with Gasteiger partial charge in [-0.05, 0) is 74.7 Å². The maximum absolute atomic E-state index is 13.8. The van der Waals surface area contributed by atoms with Gasteiger partial charge in [0.2, 0.25) is 5.91 Å². The Kier molecular flexibility index (Phi) is 9.60. The molecule has 0 atom stereocenters. The smallest absolute Gasteiger partial charge is 0.254 e. The summed E-state index contributed by atoms with van der Waals surface area (Å²) in [7, 11) is 1.66. The molecule has 0 saturated heterocycles. The lowest BCUT2D eigenvalue weighted by Gasteiger charge is -2.38. The summed E-state index contributed by atoms with van der Waals surface area (Å²) in [5, 5.41) is 0. The van der Waals surface area contributed by atoms with Crippen LogP contribution in [0.1, 0.15) is 56.2 Å². The highest BCUT2D eigenvalue weighted by molar-refractivity contribution is 9.10. The van der Waals surface area contributed by atoms with Gasteiger partial charge in [0.05, 0.1) is 13.7 Å². The minimum Gasteiger partial charge on any atom is -0.497 e. The Bertz CT molecular complexity index is 1210. The van der Waals surface area contributed by atoms with Gasteiger partial charge >= 0.3 is 0 Å². The number of aromatic nitrogens is 1. The van der Waals surface area contributed by atoms with Crippen LogP contribution in [0.25, 0.3) is 0 Å². The molecular formula is C30H38BrN3O3. The number of carbonyl (C=O) groups is 2. The van der Waals surface area contributed by atoms with Crippen LogP contribution in [-0.4, -0.2) is 51.9 Å². The van der Waals surface area contributed by atoms with E-state index in [9.17, 15) is 9.59 Å². The third-order valence-electron chi connectivity index (χ3n) is 6.11. The van der Waals surface area contributed by atoms with E-state index >= 15 is 0 Å². The molecule has 0 aliphatic rings. The molecule has 7 heteroatoms. The van der Waals surface area contributed by atoms with Gasteiger partial charge in [-0.25, -0.2) is 0 Å². The molecule has 198 valence electrons. The highest BCUT2D eigenvalue weighted by Crippen LogP contribution is 2.22. The lowest BCUT2D eigenvalue weighted by Crippen LogP contribution is -2.50. The number of rotatable bonds is 10. The Morgan fingerprint density at radius 2 is 1.76 bits per heavy atom. The van der Waals surface area contributed by atoms with Crippen molar-refractivity contribution in [1.29, 1.82) is 0 Å². The molecule has 0 radical (unpaired) electrons. The van der Waals surface area contributed by atoms with Crippen LogP contribution in [0, 0.1) is 5.92 Å². The molecule has 0 unspecified atom stereocenters. The average molecular weight is 569 g/mol. The van der Waals surface area contributed by atoms with Gasteiger partial charge in [-0.3, -0.25) is 9.59 Å². The van der Waals surface area contributed by atoms with Crippen molar-refractivity contribution in [2.45, 2.75) is 53.2 Å². The zero-order chi connectivity index (χ0) is 27.2. The molecule has 37 heavy (non-hydrogen) atoms. The third-order valence-corrected chi connectivity index (χ3v) is 6.61. The minimum atomic E-state index is -0.426. The molecule has 2 amide bonds. The van der Waals surface area contributed by atoms with E-state index in [1.165, 1.54) is 0 Å². The number of carbonyl (C=O) groups excluding carboxylic acids is 2. The van der Waals surface area contributed by atoms with Crippen LogP contribution >= 0.6 is 15.9 Å². The molecule has 0 spiro atoms. The van der Waals surface area contributed by atoms with Gasteiger partial charge in [0.1, 0.15) is 12.3 Å². The standard InChI is InChI=1S/C30H38BrN3O3/c1-22(2)18-33(29(36)24-11-8-12-25(31)17-24)21-28(35)34(30(3,4)5)20-26-13-9-15-32(26)19-23-10-7-14-27(16-23)37-6/h7-17,22H,18-21H2,1-6H3. The summed E-state index contributed by atoms with van der Waals surface area (Å²) < 4.78 is 8.36. The monoisotopic (exact) mass is 567 g/mol. The SMILES string of the molecule is COc1cccc(Cn2cccc2CN(C(=O)CN(CC(C)C)C(=O)c2cccc(Br)c2)C(C)(C)C)c1. The summed E-state index contributed by atoms with van der Waals surface area (Å²) in [5.74, 6) is 0.828. The van der Waals surface area contributed by atoms with Crippen LogP contribution in [-0.2, 0) is 17.9 Å². The second-order valence-electron chi connectivity index (χ2n) is 10.7. The van der Waals surface area contributed by atoms with E-state index in [1.807, 2.05) is 74.3 Å². The van der Waals surface area contributed by atoms with Crippen LogP contribution in [0.2, 0.25) is 0 Å². The summed E-state index contributed by atoms with van der Waals surface area (Å²) in [5.41, 5.74) is 2.29. The van der Waals surface area contributed by atoms with Crippen LogP contribution in [0.3, 0.4) is 0 Å². The highest BCUT2D eigenvalue weighted by Gasteiger charge is 2.30. The van der Waals surface area contributed by atoms with Crippen molar-refractivity contribution in [3.63, 3.8) is 0 Å². The molecule has 2 aromatic carbocycles. The van der Waals surface area contributed by atoms with Crippen molar-refractivity contribution in [3.8, 4) is 5.75 Å². The van der Waals surface area contributed by atoms with E-state index in [1.54, 1.807) is 24.1 Å². The van der Waals surface area contributed by atoms with Crippen molar-refractivity contribution < 1.29 is 14.3 Å². The van der Waals surface area contributed by atoms with Crippen molar-refractivity contribution in [2.24, 2.45) is 5.92 Å². The van der Waals surface area contributed by atoms with E-state index in [-0.39, 0.29) is 24.3 Å². The van der Waals surface area contributed by atoms with Crippen molar-refractivity contribution in [2.75, 3.05) is 20.2 Å². The summed E-state index contributed by atoms with van der Waals surface area (Å²) >= 11 is 3.45. The van der Waals surface area contributed by atoms with Crippen molar-refractivity contribution >= 4 is 27.7 Å². The van der Waals surface area contributed by atoms with E-state index in [2.05, 4.69) is 40.4 Å². The van der Waals surface area contributed by atoms with E-state index in [0.29, 0.717) is 25.2 Å². The number of halogens is 1. The zero-order valence-electron chi connectivity index (χ0n) is 22.7. The molecule has 0 aliphatic heterocycles. The lowest BCUT2D eigenvalue weighted by atomic mass is 10.0. The largest absolute Gasteiger partial charge is 0.497 e. The quantitative estimate of drug-likeness (QED) is 0.291. The van der Waals surface area contributed by atoms with Gasteiger partial charge in [0.25, 0.3) is 5.91 Å². The molecular weight excluding hydrogens is 530 g/mol. The number of ether oxygens (including phenoxy) is 1. The normalized spacial score (nSPS) is 11.5. The first-order chi connectivity index (χ1) is 17.5. The second-order valence-corrected chi connectivity index (χ2v) is 11.6. The fourth-order valence-electron chi connectivity index (χ4n) is 4.29. The van der Waals surface area contributed by atoms with Crippen LogP contribution in [0.15, 0.2) is 71.3 Å². The molecule has 0 bridgehead atoms. The molecule has 0 N–H and O–H groups in total. The number of amides is 2. The first kappa shape index (κ1) is 28.5. The molecule has 6 nitrogen and oxygen atoms in total. The number of methoxy groups -OCH3 is 1. The third kappa shape index (κ3) is 7.96. The summed E-state index contributed by atoms with van der Waals surface area (Å²) in [4.78, 5) is 30.7. The Morgan fingerprint density at radius 3 is 2.41 bits per heavy atom. The second kappa shape index (κ2) is 12.5. The van der Waals surface area contributed by atoms with Gasteiger partial charge in [-0.15, -0.1) is 0 Å². The molecule has 0 saturated carbocycles. The number of hydrogen-bond donors (Lipinski definition) is 0. The van der Waals surface area contributed by atoms with Gasteiger partial charge in [-0.1, -0.05) is 48.0 Å². The maximum atomic E-state index is 13.8. The lowest BCUT2D eigenvalue weighted by molar-refractivity contribution is -0.137. The first-order valence-corrected chi connectivity index (χ1v) is 13.4.